The Kier molecular flexibility index (Phi) is 13.4. The van der Waals surface area contributed by atoms with Crippen LogP contribution < -0.4 is 32.7 Å². The summed E-state index contributed by atoms with van der Waals surface area (Å²) in [5, 5.41) is 10.2. The molecule has 3 rings (SSSR count). The lowest BCUT2D eigenvalue weighted by Gasteiger charge is -2.23. The van der Waals surface area contributed by atoms with Crippen LogP contribution in [0.15, 0.2) is 65.7 Å². The van der Waals surface area contributed by atoms with Crippen molar-refractivity contribution < 1.29 is 38.2 Å². The maximum absolute atomic E-state index is 13.3. The van der Waals surface area contributed by atoms with E-state index in [2.05, 4.69) is 26.3 Å². The molecule has 0 heterocycles. The molecule has 0 aromatic heterocycles. The average Bonchev–Trinajstić information content (AvgIpc) is 3.02. The predicted molar refractivity (Wildman–Crippen MR) is 177 cm³/mol. The van der Waals surface area contributed by atoms with Crippen molar-refractivity contribution in [3.8, 4) is 0 Å². The number of amides is 4. The molecule has 0 radical (unpaired) electrons. The first-order valence-corrected chi connectivity index (χ1v) is 15.2. The topological polar surface area (TPSA) is 233 Å². The molecule has 0 fully saturated rings. The Hall–Kier alpha value is -5.57. The van der Waals surface area contributed by atoms with E-state index >= 15 is 0 Å². The van der Waals surface area contributed by atoms with Gasteiger partial charge in [0.05, 0.1) is 19.8 Å². The summed E-state index contributed by atoms with van der Waals surface area (Å²) in [7, 11) is 0. The second kappa shape index (κ2) is 17.4. The van der Waals surface area contributed by atoms with Gasteiger partial charge in [-0.25, -0.2) is 4.79 Å². The largest absolute Gasteiger partial charge is 0.444 e. The van der Waals surface area contributed by atoms with Gasteiger partial charge in [0.25, 0.3) is 0 Å². The number of allylic oxidation sites excluding steroid dienone is 2. The number of carbonyl (C=O) groups excluding carboxylic acids is 6. The zero-order valence-corrected chi connectivity index (χ0v) is 27.0. The van der Waals surface area contributed by atoms with E-state index in [0.29, 0.717) is 6.42 Å². The van der Waals surface area contributed by atoms with Gasteiger partial charge in [-0.05, 0) is 69.5 Å². The standard InChI is InChI=1S/C33H41N7O8/c1-33(2,3)48-32(46)40-25(19-47-18-20-8-5-4-6-9-20)29(44)37-17-28(43)39-24(10-7-15-36-31(34)35)30(45)38-21-11-12-22-23(16-21)27(42)14-13-26(22)41/h4-6,8-9,11-14,16,24-25H,7,10,15,17-19H2,1-3H3,(H,37,44)(H,38,45)(H,39,43)(H,40,46)(H4,34,35,36)/t24-,25-/m0/s1. The normalized spacial score (nSPS) is 13.4. The number of nitrogens with two attached hydrogens (primary N) is 2. The Morgan fingerprint density at radius 2 is 1.56 bits per heavy atom. The molecule has 48 heavy (non-hydrogen) atoms. The van der Waals surface area contributed by atoms with Gasteiger partial charge in [0.15, 0.2) is 17.5 Å². The molecular formula is C33H41N7O8. The van der Waals surface area contributed by atoms with E-state index in [1.54, 1.807) is 20.8 Å². The van der Waals surface area contributed by atoms with Crippen LogP contribution in [-0.4, -0.2) is 78.7 Å². The van der Waals surface area contributed by atoms with Crippen molar-refractivity contribution in [3.05, 3.63) is 77.4 Å². The highest BCUT2D eigenvalue weighted by Gasteiger charge is 2.27. The molecule has 0 aliphatic heterocycles. The smallest absolute Gasteiger partial charge is 0.408 e. The lowest BCUT2D eigenvalue weighted by Crippen LogP contribution is -2.53. The van der Waals surface area contributed by atoms with Crippen LogP contribution in [0.3, 0.4) is 0 Å². The van der Waals surface area contributed by atoms with Crippen molar-refractivity contribution in [2.75, 3.05) is 25.0 Å². The molecule has 15 heteroatoms. The van der Waals surface area contributed by atoms with E-state index in [9.17, 15) is 28.8 Å². The molecule has 1 aliphatic rings. The summed E-state index contributed by atoms with van der Waals surface area (Å²) in [5.41, 5.74) is 11.4. The lowest BCUT2D eigenvalue weighted by atomic mass is 9.94. The number of ketones is 2. The molecule has 2 aromatic carbocycles. The van der Waals surface area contributed by atoms with E-state index in [0.717, 1.165) is 11.6 Å². The number of nitrogens with zero attached hydrogens (tertiary/aromatic N) is 1. The van der Waals surface area contributed by atoms with Crippen molar-refractivity contribution in [3.63, 3.8) is 0 Å². The van der Waals surface area contributed by atoms with Crippen LogP contribution in [0.25, 0.3) is 0 Å². The second-order valence-corrected chi connectivity index (χ2v) is 11.8. The molecule has 2 aromatic rings. The summed E-state index contributed by atoms with van der Waals surface area (Å²) in [4.78, 5) is 80.0. The molecule has 1 aliphatic carbocycles. The minimum atomic E-state index is -1.21. The maximum Gasteiger partial charge on any atom is 0.408 e. The van der Waals surface area contributed by atoms with E-state index in [1.807, 2.05) is 30.3 Å². The van der Waals surface area contributed by atoms with E-state index < -0.39 is 48.0 Å². The Morgan fingerprint density at radius 1 is 0.875 bits per heavy atom. The van der Waals surface area contributed by atoms with Crippen LogP contribution >= 0.6 is 0 Å². The zero-order chi connectivity index (χ0) is 35.3. The Bertz CT molecular complexity index is 1560. The fourth-order valence-electron chi connectivity index (χ4n) is 4.41. The van der Waals surface area contributed by atoms with Crippen LogP contribution in [-0.2, 0) is 30.5 Å². The summed E-state index contributed by atoms with van der Waals surface area (Å²) >= 11 is 0. The number of anilines is 1. The van der Waals surface area contributed by atoms with Crippen molar-refractivity contribution in [1.82, 2.24) is 16.0 Å². The summed E-state index contributed by atoms with van der Waals surface area (Å²) in [5.74, 6) is -2.90. The number of nitrogens with one attached hydrogen (secondary N) is 4. The number of alkyl carbamates (subject to hydrolysis) is 1. The first-order valence-electron chi connectivity index (χ1n) is 15.2. The number of hydrogen-bond acceptors (Lipinski definition) is 9. The molecule has 8 N–H and O–H groups in total. The number of carbonyl (C=O) groups is 6. The fourth-order valence-corrected chi connectivity index (χ4v) is 4.41. The Labute approximate surface area is 277 Å². The monoisotopic (exact) mass is 663 g/mol. The Morgan fingerprint density at radius 3 is 2.23 bits per heavy atom. The third-order valence-electron chi connectivity index (χ3n) is 6.63. The number of rotatable bonds is 15. The van der Waals surface area contributed by atoms with Gasteiger partial charge in [-0.3, -0.25) is 29.0 Å². The summed E-state index contributed by atoms with van der Waals surface area (Å²) in [6.07, 6.45) is 1.91. The van der Waals surface area contributed by atoms with E-state index in [-0.39, 0.29) is 60.5 Å². The van der Waals surface area contributed by atoms with Crippen LogP contribution in [0.2, 0.25) is 0 Å². The number of guanidine groups is 1. The molecule has 0 saturated heterocycles. The van der Waals surface area contributed by atoms with Gasteiger partial charge in [-0.1, -0.05) is 30.3 Å². The molecule has 2 atom stereocenters. The highest BCUT2D eigenvalue weighted by Crippen LogP contribution is 2.21. The molecule has 4 amide bonds. The summed E-state index contributed by atoms with van der Waals surface area (Å²) in [6, 6.07) is 11.2. The Balaban J connectivity index is 1.65. The van der Waals surface area contributed by atoms with Gasteiger partial charge in [0.1, 0.15) is 17.7 Å². The first-order chi connectivity index (χ1) is 22.7. The molecular weight excluding hydrogens is 622 g/mol. The SMILES string of the molecule is CC(C)(C)OC(=O)N[C@@H](COCc1ccccc1)C(=O)NCC(=O)N[C@@H](CCCN=C(N)N)C(=O)Nc1ccc2c(c1)C(=O)C=CC2=O. The molecule has 0 spiro atoms. The third kappa shape index (κ3) is 12.3. The summed E-state index contributed by atoms with van der Waals surface area (Å²) < 4.78 is 10.9. The summed E-state index contributed by atoms with van der Waals surface area (Å²) in [6.45, 7) is 4.61. The molecule has 0 unspecified atom stereocenters. The number of aliphatic imine (C=N–C) groups is 1. The predicted octanol–water partition coefficient (Wildman–Crippen LogP) is 1.33. The van der Waals surface area contributed by atoms with Gasteiger partial charge < -0.3 is 42.2 Å². The number of benzene rings is 2. The van der Waals surface area contributed by atoms with Gasteiger partial charge in [-0.2, -0.15) is 0 Å². The van der Waals surface area contributed by atoms with Crippen LogP contribution in [0.1, 0.15) is 59.9 Å². The first kappa shape index (κ1) is 36.9. The highest BCUT2D eigenvalue weighted by atomic mass is 16.6. The molecule has 15 nitrogen and oxygen atoms in total. The quantitative estimate of drug-likeness (QED) is 0.0908. The molecule has 0 bridgehead atoms. The van der Waals surface area contributed by atoms with Gasteiger partial charge in [0.2, 0.25) is 17.7 Å². The van der Waals surface area contributed by atoms with E-state index in [1.165, 1.54) is 24.3 Å². The number of ether oxygens (including phenoxy) is 2. The van der Waals surface area contributed by atoms with Crippen LogP contribution in [0.4, 0.5) is 10.5 Å². The zero-order valence-electron chi connectivity index (χ0n) is 27.0. The average molecular weight is 664 g/mol. The van der Waals surface area contributed by atoms with E-state index in [4.69, 9.17) is 20.9 Å². The van der Waals surface area contributed by atoms with Gasteiger partial charge in [0, 0.05) is 23.4 Å². The van der Waals surface area contributed by atoms with Crippen LogP contribution in [0.5, 0.6) is 0 Å². The van der Waals surface area contributed by atoms with Gasteiger partial charge >= 0.3 is 6.09 Å². The van der Waals surface area contributed by atoms with Crippen molar-refractivity contribution in [1.29, 1.82) is 0 Å². The number of hydrogen-bond donors (Lipinski definition) is 6. The van der Waals surface area contributed by atoms with Gasteiger partial charge in [-0.15, -0.1) is 0 Å². The van der Waals surface area contributed by atoms with Crippen molar-refractivity contribution in [2.24, 2.45) is 16.5 Å². The van der Waals surface area contributed by atoms with Crippen molar-refractivity contribution in [2.45, 2.75) is 57.9 Å². The minimum absolute atomic E-state index is 0.115. The molecule has 256 valence electrons. The highest BCUT2D eigenvalue weighted by molar-refractivity contribution is 6.22. The second-order valence-electron chi connectivity index (χ2n) is 11.8. The van der Waals surface area contributed by atoms with Crippen LogP contribution in [0, 0.1) is 0 Å². The maximum atomic E-state index is 13.3. The number of fused-ring (bicyclic) bond motifs is 1. The molecule has 0 saturated carbocycles. The van der Waals surface area contributed by atoms with Crippen molar-refractivity contribution >= 4 is 47.0 Å². The lowest BCUT2D eigenvalue weighted by molar-refractivity contribution is -0.129. The fraction of sp³-hybridized carbons (Fsp3) is 0.364. The minimum Gasteiger partial charge on any atom is -0.444 e. The third-order valence-corrected chi connectivity index (χ3v) is 6.63.